The second-order valence-electron chi connectivity index (χ2n) is 7.58. The number of benzene rings is 2. The van der Waals surface area contributed by atoms with Crippen LogP contribution in [0, 0.1) is 0 Å². The number of nitrogens with zero attached hydrogens (tertiary/aromatic N) is 1. The van der Waals surface area contributed by atoms with Gasteiger partial charge in [-0.1, -0.05) is 24.3 Å². The summed E-state index contributed by atoms with van der Waals surface area (Å²) in [7, 11) is 1.61. The molecule has 7 nitrogen and oxygen atoms in total. The summed E-state index contributed by atoms with van der Waals surface area (Å²) in [5.41, 5.74) is 0.746. The molecule has 2 N–H and O–H groups in total. The number of carbonyl (C=O) groups excluding carboxylic acids is 1. The second kappa shape index (κ2) is 8.57. The van der Waals surface area contributed by atoms with E-state index < -0.39 is 0 Å². The molecular weight excluding hydrogens is 382 g/mol. The molecule has 156 valence electrons. The molecule has 30 heavy (non-hydrogen) atoms. The number of amides is 1. The molecule has 0 aliphatic heterocycles. The highest BCUT2D eigenvalue weighted by molar-refractivity contribution is 6.04. The summed E-state index contributed by atoms with van der Waals surface area (Å²) >= 11 is 0. The van der Waals surface area contributed by atoms with Crippen LogP contribution in [0.1, 0.15) is 54.7 Å². The van der Waals surface area contributed by atoms with Crippen molar-refractivity contribution in [2.24, 2.45) is 0 Å². The lowest BCUT2D eigenvalue weighted by Gasteiger charge is -2.19. The number of H-pyrrole nitrogens is 1. The standard InChI is InChI=1S/C23H25N3O4/c1-14(15-11-12-19(20(13-15)29-2)30-16-7-3-4-8-16)24-23(28)21-17-9-5-6-10-18(17)22(27)26-25-21/h5-6,9-14,16H,3-4,7-8H2,1-2H3,(H,24,28)(H,26,27). The van der Waals surface area contributed by atoms with E-state index in [4.69, 9.17) is 9.47 Å². The molecule has 0 radical (unpaired) electrons. The van der Waals surface area contributed by atoms with Crippen molar-refractivity contribution in [1.29, 1.82) is 0 Å². The van der Waals surface area contributed by atoms with Crippen molar-refractivity contribution in [3.63, 3.8) is 0 Å². The Bertz CT molecular complexity index is 1120. The van der Waals surface area contributed by atoms with Gasteiger partial charge in [-0.05, 0) is 56.4 Å². The highest BCUT2D eigenvalue weighted by Gasteiger charge is 2.21. The van der Waals surface area contributed by atoms with Gasteiger partial charge in [0.25, 0.3) is 11.5 Å². The molecule has 1 saturated carbocycles. The first kappa shape index (κ1) is 19.9. The molecule has 0 saturated heterocycles. The normalized spacial score (nSPS) is 15.1. The maximum Gasteiger partial charge on any atom is 0.272 e. The van der Waals surface area contributed by atoms with Gasteiger partial charge < -0.3 is 14.8 Å². The van der Waals surface area contributed by atoms with E-state index in [1.54, 1.807) is 31.4 Å². The molecular formula is C23H25N3O4. The minimum absolute atomic E-state index is 0.185. The van der Waals surface area contributed by atoms with Crippen molar-refractivity contribution in [3.05, 3.63) is 64.1 Å². The maximum atomic E-state index is 12.9. The molecule has 7 heteroatoms. The number of fused-ring (bicyclic) bond motifs is 1. The fourth-order valence-electron chi connectivity index (χ4n) is 3.87. The zero-order chi connectivity index (χ0) is 21.1. The van der Waals surface area contributed by atoms with Gasteiger partial charge in [0.2, 0.25) is 0 Å². The van der Waals surface area contributed by atoms with Crippen molar-refractivity contribution in [3.8, 4) is 11.5 Å². The van der Waals surface area contributed by atoms with Crippen molar-refractivity contribution < 1.29 is 14.3 Å². The van der Waals surface area contributed by atoms with Crippen LogP contribution in [0.5, 0.6) is 11.5 Å². The molecule has 1 aromatic heterocycles. The van der Waals surface area contributed by atoms with Gasteiger partial charge in [0, 0.05) is 5.39 Å². The Morgan fingerprint density at radius 2 is 1.87 bits per heavy atom. The molecule has 0 spiro atoms. The fraction of sp³-hybridized carbons (Fsp3) is 0.348. The van der Waals surface area contributed by atoms with E-state index in [-0.39, 0.29) is 29.3 Å². The van der Waals surface area contributed by atoms with Crippen LogP contribution in [0.2, 0.25) is 0 Å². The van der Waals surface area contributed by atoms with Gasteiger partial charge in [0.15, 0.2) is 17.2 Å². The number of carbonyl (C=O) groups is 1. The minimum Gasteiger partial charge on any atom is -0.493 e. The predicted octanol–water partition coefficient (Wildman–Crippen LogP) is 3.74. The molecule has 0 bridgehead atoms. The van der Waals surface area contributed by atoms with Crippen LogP contribution in [-0.2, 0) is 0 Å². The lowest BCUT2D eigenvalue weighted by Crippen LogP contribution is -2.29. The average Bonchev–Trinajstić information content (AvgIpc) is 3.27. The summed E-state index contributed by atoms with van der Waals surface area (Å²) in [6.07, 6.45) is 4.76. The van der Waals surface area contributed by atoms with Crippen molar-refractivity contribution >= 4 is 16.7 Å². The zero-order valence-corrected chi connectivity index (χ0v) is 17.1. The van der Waals surface area contributed by atoms with Gasteiger partial charge >= 0.3 is 0 Å². The quantitative estimate of drug-likeness (QED) is 0.649. The fourth-order valence-corrected chi connectivity index (χ4v) is 3.87. The van der Waals surface area contributed by atoms with E-state index in [0.717, 1.165) is 24.2 Å². The summed E-state index contributed by atoms with van der Waals surface area (Å²) in [6, 6.07) is 12.3. The molecule has 1 unspecified atom stereocenters. The number of aromatic amines is 1. The Labute approximate surface area is 174 Å². The SMILES string of the molecule is COc1cc(C(C)NC(=O)c2n[nH]c(=O)c3ccccc23)ccc1OC1CCCC1. The summed E-state index contributed by atoms with van der Waals surface area (Å²) in [4.78, 5) is 24.8. The zero-order valence-electron chi connectivity index (χ0n) is 17.1. The Morgan fingerprint density at radius 3 is 2.60 bits per heavy atom. The van der Waals surface area contributed by atoms with E-state index in [2.05, 4.69) is 15.5 Å². The molecule has 1 heterocycles. The molecule has 1 aliphatic carbocycles. The molecule has 3 aromatic rings. The van der Waals surface area contributed by atoms with E-state index in [1.165, 1.54) is 12.8 Å². The van der Waals surface area contributed by atoms with E-state index in [9.17, 15) is 9.59 Å². The molecule has 1 fully saturated rings. The van der Waals surface area contributed by atoms with E-state index in [0.29, 0.717) is 16.5 Å². The minimum atomic E-state index is -0.361. The number of nitrogens with one attached hydrogen (secondary N) is 2. The van der Waals surface area contributed by atoms with Gasteiger partial charge in [-0.2, -0.15) is 5.10 Å². The van der Waals surface area contributed by atoms with Crippen LogP contribution in [-0.4, -0.2) is 29.3 Å². The van der Waals surface area contributed by atoms with Crippen LogP contribution in [0.4, 0.5) is 0 Å². The van der Waals surface area contributed by atoms with Crippen LogP contribution >= 0.6 is 0 Å². The third-order valence-electron chi connectivity index (χ3n) is 5.54. The summed E-state index contributed by atoms with van der Waals surface area (Å²) in [6.45, 7) is 1.89. The number of hydrogen-bond acceptors (Lipinski definition) is 5. The van der Waals surface area contributed by atoms with Crippen LogP contribution in [0.25, 0.3) is 10.8 Å². The molecule has 1 atom stereocenters. The van der Waals surface area contributed by atoms with Crippen molar-refractivity contribution in [2.45, 2.75) is 44.8 Å². The molecule has 2 aromatic carbocycles. The lowest BCUT2D eigenvalue weighted by atomic mass is 10.1. The topological polar surface area (TPSA) is 93.3 Å². The first-order chi connectivity index (χ1) is 14.6. The van der Waals surface area contributed by atoms with Gasteiger partial charge in [-0.15, -0.1) is 0 Å². The Morgan fingerprint density at radius 1 is 1.13 bits per heavy atom. The summed E-state index contributed by atoms with van der Waals surface area (Å²) in [5, 5.41) is 10.3. The van der Waals surface area contributed by atoms with Gasteiger partial charge in [-0.3, -0.25) is 9.59 Å². The Balaban J connectivity index is 1.53. The highest BCUT2D eigenvalue weighted by Crippen LogP contribution is 2.33. The van der Waals surface area contributed by atoms with Gasteiger partial charge in [-0.25, -0.2) is 5.10 Å². The van der Waals surface area contributed by atoms with Crippen LogP contribution in [0.15, 0.2) is 47.3 Å². The predicted molar refractivity (Wildman–Crippen MR) is 114 cm³/mol. The highest BCUT2D eigenvalue weighted by atomic mass is 16.5. The Hall–Kier alpha value is -3.35. The largest absolute Gasteiger partial charge is 0.493 e. The van der Waals surface area contributed by atoms with Gasteiger partial charge in [0.1, 0.15) is 0 Å². The number of ether oxygens (including phenoxy) is 2. The van der Waals surface area contributed by atoms with Crippen LogP contribution < -0.4 is 20.3 Å². The van der Waals surface area contributed by atoms with E-state index in [1.807, 2.05) is 25.1 Å². The Kier molecular flexibility index (Phi) is 5.70. The monoisotopic (exact) mass is 407 g/mol. The first-order valence-corrected chi connectivity index (χ1v) is 10.2. The van der Waals surface area contributed by atoms with E-state index >= 15 is 0 Å². The van der Waals surface area contributed by atoms with Crippen LogP contribution in [0.3, 0.4) is 0 Å². The maximum absolute atomic E-state index is 12.9. The number of methoxy groups -OCH3 is 1. The third-order valence-corrected chi connectivity index (χ3v) is 5.54. The summed E-state index contributed by atoms with van der Waals surface area (Å²) < 4.78 is 11.6. The second-order valence-corrected chi connectivity index (χ2v) is 7.58. The molecule has 1 amide bonds. The lowest BCUT2D eigenvalue weighted by molar-refractivity contribution is 0.0935. The smallest absolute Gasteiger partial charge is 0.272 e. The van der Waals surface area contributed by atoms with Crippen molar-refractivity contribution in [2.75, 3.05) is 7.11 Å². The number of aromatic nitrogens is 2. The third kappa shape index (κ3) is 4.01. The average molecular weight is 407 g/mol. The molecule has 4 rings (SSSR count). The van der Waals surface area contributed by atoms with Gasteiger partial charge in [0.05, 0.1) is 24.6 Å². The summed E-state index contributed by atoms with van der Waals surface area (Å²) in [5.74, 6) is 1.01. The first-order valence-electron chi connectivity index (χ1n) is 10.2. The number of hydrogen-bond donors (Lipinski definition) is 2. The number of rotatable bonds is 6. The van der Waals surface area contributed by atoms with Crippen molar-refractivity contribution in [1.82, 2.24) is 15.5 Å². The molecule has 1 aliphatic rings.